The van der Waals surface area contributed by atoms with E-state index in [-0.39, 0.29) is 22.8 Å². The van der Waals surface area contributed by atoms with Gasteiger partial charge in [-0.25, -0.2) is 8.42 Å². The fourth-order valence-corrected chi connectivity index (χ4v) is 4.44. The van der Waals surface area contributed by atoms with Crippen molar-refractivity contribution in [2.24, 2.45) is 0 Å². The lowest BCUT2D eigenvalue weighted by atomic mass is 10.2. The number of hydrogen-bond donors (Lipinski definition) is 0. The first kappa shape index (κ1) is 20.9. The number of nitro groups is 1. The molecule has 0 unspecified atom stereocenters. The molecule has 0 N–H and O–H groups in total. The molecule has 0 aliphatic heterocycles. The summed E-state index contributed by atoms with van der Waals surface area (Å²) in [6, 6.07) is 14.0. The highest BCUT2D eigenvalue weighted by atomic mass is 32.2. The van der Waals surface area contributed by atoms with Gasteiger partial charge in [-0.1, -0.05) is 44.2 Å². The van der Waals surface area contributed by atoms with Crippen LogP contribution < -0.4 is 4.31 Å². The van der Waals surface area contributed by atoms with Gasteiger partial charge in [-0.3, -0.25) is 14.4 Å². The third kappa shape index (κ3) is 5.05. The molecular weight excluding hydrogens is 366 g/mol. The van der Waals surface area contributed by atoms with Crippen LogP contribution in [0.5, 0.6) is 0 Å². The minimum atomic E-state index is -3.91. The van der Waals surface area contributed by atoms with Gasteiger partial charge in [0.25, 0.3) is 15.7 Å². The van der Waals surface area contributed by atoms with Crippen LogP contribution in [0.15, 0.2) is 59.5 Å². The Hall–Kier alpha value is -2.45. The Balaban J connectivity index is 2.42. The largest absolute Gasteiger partial charge is 0.304 e. The van der Waals surface area contributed by atoms with E-state index in [0.29, 0.717) is 13.0 Å². The molecule has 0 bridgehead atoms. The lowest BCUT2D eigenvalue weighted by molar-refractivity contribution is -0.384. The molecule has 0 aliphatic rings. The molecule has 0 spiro atoms. The fraction of sp³-hybridized carbons (Fsp3) is 0.368. The minimum Gasteiger partial charge on any atom is -0.304 e. The lowest BCUT2D eigenvalue weighted by Gasteiger charge is -2.26. The van der Waals surface area contributed by atoms with Crippen LogP contribution in [0.4, 0.5) is 11.4 Å². The van der Waals surface area contributed by atoms with E-state index >= 15 is 0 Å². The average Bonchev–Trinajstić information content (AvgIpc) is 2.68. The molecule has 2 aromatic rings. The average molecular weight is 391 g/mol. The first-order valence-corrected chi connectivity index (χ1v) is 10.4. The molecule has 0 aliphatic carbocycles. The molecule has 0 fully saturated rings. The van der Waals surface area contributed by atoms with Crippen LogP contribution in [0, 0.1) is 10.1 Å². The predicted octanol–water partition coefficient (Wildman–Crippen LogP) is 3.52. The summed E-state index contributed by atoms with van der Waals surface area (Å²) in [4.78, 5) is 13.2. The molecular formula is C19H25N3O4S. The van der Waals surface area contributed by atoms with Gasteiger partial charge in [0.2, 0.25) is 0 Å². The summed E-state index contributed by atoms with van der Waals surface area (Å²) in [5.41, 5.74) is -0.134. The Bertz CT molecular complexity index is 852. The van der Waals surface area contributed by atoms with Gasteiger partial charge in [-0.15, -0.1) is 0 Å². The van der Waals surface area contributed by atoms with Crippen LogP contribution in [0.1, 0.15) is 20.3 Å². The van der Waals surface area contributed by atoms with Crippen molar-refractivity contribution in [1.29, 1.82) is 0 Å². The van der Waals surface area contributed by atoms with Gasteiger partial charge in [0.15, 0.2) is 0 Å². The molecule has 0 heterocycles. The molecule has 27 heavy (non-hydrogen) atoms. The molecule has 0 amide bonds. The van der Waals surface area contributed by atoms with Crippen LogP contribution in [0.2, 0.25) is 0 Å². The van der Waals surface area contributed by atoms with Crippen LogP contribution in [0.25, 0.3) is 0 Å². The third-order valence-corrected chi connectivity index (χ3v) is 6.24. The van der Waals surface area contributed by atoms with E-state index < -0.39 is 14.9 Å². The number of nitrogens with zero attached hydrogens (tertiary/aromatic N) is 3. The molecule has 2 aromatic carbocycles. The maximum Gasteiger partial charge on any atom is 0.293 e. The number of hydrogen-bond acceptors (Lipinski definition) is 5. The highest BCUT2D eigenvalue weighted by Gasteiger charge is 2.29. The molecule has 8 heteroatoms. The molecule has 0 radical (unpaired) electrons. The van der Waals surface area contributed by atoms with E-state index in [2.05, 4.69) is 4.90 Å². The topological polar surface area (TPSA) is 83.8 Å². The number of para-hydroxylation sites is 2. The molecule has 0 saturated carbocycles. The zero-order valence-corrected chi connectivity index (χ0v) is 16.4. The Kier molecular flexibility index (Phi) is 7.32. The monoisotopic (exact) mass is 391 g/mol. The molecule has 0 aromatic heterocycles. The van der Waals surface area contributed by atoms with E-state index in [4.69, 9.17) is 0 Å². The quantitative estimate of drug-likeness (QED) is 0.457. The van der Waals surface area contributed by atoms with E-state index in [0.717, 1.165) is 17.4 Å². The summed E-state index contributed by atoms with van der Waals surface area (Å²) >= 11 is 0. The standard InChI is InChI=1S/C19H25N3O4S/c1-3-20(4-2)15-10-16-21(18-13-8-9-14-19(18)22(23)24)27(25,26)17-11-6-5-7-12-17/h5-9,11-14H,3-4,10,15-16H2,1-2H3. The highest BCUT2D eigenvalue weighted by molar-refractivity contribution is 7.92. The summed E-state index contributed by atoms with van der Waals surface area (Å²) < 4.78 is 27.6. The zero-order chi connectivity index (χ0) is 19.9. The fourth-order valence-electron chi connectivity index (χ4n) is 2.90. The third-order valence-electron chi connectivity index (χ3n) is 4.41. The second-order valence-corrected chi connectivity index (χ2v) is 7.88. The minimum absolute atomic E-state index is 0.0888. The van der Waals surface area contributed by atoms with E-state index in [1.54, 1.807) is 24.3 Å². The van der Waals surface area contributed by atoms with E-state index in [1.807, 2.05) is 13.8 Å². The zero-order valence-electron chi connectivity index (χ0n) is 15.6. The van der Waals surface area contributed by atoms with Crippen LogP contribution in [-0.4, -0.2) is 44.4 Å². The number of benzene rings is 2. The highest BCUT2D eigenvalue weighted by Crippen LogP contribution is 2.32. The Labute approximate surface area is 160 Å². The summed E-state index contributed by atoms with van der Waals surface area (Å²) in [6.07, 6.45) is 0.569. The number of rotatable bonds is 10. The van der Waals surface area contributed by atoms with Crippen molar-refractivity contribution in [3.8, 4) is 0 Å². The summed E-state index contributed by atoms with van der Waals surface area (Å²) in [5.74, 6) is 0. The van der Waals surface area contributed by atoms with Crippen LogP contribution in [-0.2, 0) is 10.0 Å². The molecule has 146 valence electrons. The van der Waals surface area contributed by atoms with Crippen molar-refractivity contribution < 1.29 is 13.3 Å². The van der Waals surface area contributed by atoms with Gasteiger partial charge in [0.1, 0.15) is 5.69 Å². The molecule has 0 saturated heterocycles. The summed E-state index contributed by atoms with van der Waals surface area (Å²) in [5, 5.41) is 11.4. The second-order valence-electron chi connectivity index (χ2n) is 6.02. The molecule has 0 atom stereocenters. The van der Waals surface area contributed by atoms with Gasteiger partial charge in [-0.2, -0.15) is 0 Å². The number of anilines is 1. The number of nitro benzene ring substituents is 1. The van der Waals surface area contributed by atoms with Crippen molar-refractivity contribution in [3.05, 3.63) is 64.7 Å². The molecule has 2 rings (SSSR count). The van der Waals surface area contributed by atoms with Gasteiger partial charge in [-0.05, 0) is 44.3 Å². The maximum atomic E-state index is 13.2. The first-order valence-electron chi connectivity index (χ1n) is 8.95. The van der Waals surface area contributed by atoms with Crippen molar-refractivity contribution in [2.45, 2.75) is 25.2 Å². The van der Waals surface area contributed by atoms with Crippen LogP contribution in [0.3, 0.4) is 0 Å². The van der Waals surface area contributed by atoms with E-state index in [1.165, 1.54) is 30.3 Å². The normalized spacial score (nSPS) is 11.5. The number of sulfonamides is 1. The predicted molar refractivity (Wildman–Crippen MR) is 106 cm³/mol. The van der Waals surface area contributed by atoms with Crippen LogP contribution >= 0.6 is 0 Å². The Morgan fingerprint density at radius 3 is 2.11 bits per heavy atom. The first-order chi connectivity index (χ1) is 12.9. The van der Waals surface area contributed by atoms with Gasteiger partial charge < -0.3 is 4.90 Å². The lowest BCUT2D eigenvalue weighted by Crippen LogP contribution is -2.35. The summed E-state index contributed by atoms with van der Waals surface area (Å²) in [7, 11) is -3.91. The Morgan fingerprint density at radius 2 is 1.52 bits per heavy atom. The summed E-state index contributed by atoms with van der Waals surface area (Å²) in [6.45, 7) is 6.71. The van der Waals surface area contributed by atoms with Crippen molar-refractivity contribution in [1.82, 2.24) is 4.90 Å². The molecule has 7 nitrogen and oxygen atoms in total. The van der Waals surface area contributed by atoms with Crippen molar-refractivity contribution in [3.63, 3.8) is 0 Å². The van der Waals surface area contributed by atoms with Gasteiger partial charge in [0.05, 0.1) is 9.82 Å². The van der Waals surface area contributed by atoms with E-state index in [9.17, 15) is 18.5 Å². The smallest absolute Gasteiger partial charge is 0.293 e. The second kappa shape index (κ2) is 9.48. The van der Waals surface area contributed by atoms with Crippen molar-refractivity contribution >= 4 is 21.4 Å². The maximum absolute atomic E-state index is 13.2. The van der Waals surface area contributed by atoms with Crippen molar-refractivity contribution in [2.75, 3.05) is 30.5 Å². The van der Waals surface area contributed by atoms with Gasteiger partial charge in [0, 0.05) is 12.6 Å². The van der Waals surface area contributed by atoms with Gasteiger partial charge >= 0.3 is 0 Å². The Morgan fingerprint density at radius 1 is 0.926 bits per heavy atom. The SMILES string of the molecule is CCN(CC)CCCN(c1ccccc1[N+](=O)[O-])S(=O)(=O)c1ccccc1.